The molecule has 0 spiro atoms. The van der Waals surface area contributed by atoms with Gasteiger partial charge in [-0.3, -0.25) is 0 Å². The predicted molar refractivity (Wildman–Crippen MR) is 47.2 cm³/mol. The summed E-state index contributed by atoms with van der Waals surface area (Å²) in [6.45, 7) is 1.73. The summed E-state index contributed by atoms with van der Waals surface area (Å²) in [6, 6.07) is 0.432. The second kappa shape index (κ2) is 3.85. The molecule has 5 nitrogen and oxygen atoms in total. The van der Waals surface area contributed by atoms with E-state index < -0.39 is 0 Å². The molecular formula is C8H14N4O. The summed E-state index contributed by atoms with van der Waals surface area (Å²) in [7, 11) is 0. The molecule has 2 heterocycles. The van der Waals surface area contributed by atoms with Crippen LogP contribution in [-0.2, 0) is 13.0 Å². The highest BCUT2D eigenvalue weighted by Crippen LogP contribution is 2.10. The molecule has 1 unspecified atom stereocenters. The van der Waals surface area contributed by atoms with E-state index in [4.69, 9.17) is 5.11 Å². The maximum atomic E-state index is 8.65. The van der Waals surface area contributed by atoms with Crippen LogP contribution in [-0.4, -0.2) is 39.1 Å². The van der Waals surface area contributed by atoms with Gasteiger partial charge < -0.3 is 10.4 Å². The third-order valence-electron chi connectivity index (χ3n) is 2.35. The van der Waals surface area contributed by atoms with Crippen molar-refractivity contribution in [3.8, 4) is 0 Å². The minimum Gasteiger partial charge on any atom is -0.395 e. The van der Waals surface area contributed by atoms with Gasteiger partial charge in [-0.05, 0) is 6.42 Å². The van der Waals surface area contributed by atoms with Gasteiger partial charge in [0, 0.05) is 19.0 Å². The van der Waals surface area contributed by atoms with E-state index in [0.717, 1.165) is 25.2 Å². The van der Waals surface area contributed by atoms with Gasteiger partial charge in [0.25, 0.3) is 0 Å². The molecule has 0 saturated heterocycles. The summed E-state index contributed by atoms with van der Waals surface area (Å²) in [4.78, 5) is 4.15. The van der Waals surface area contributed by atoms with Gasteiger partial charge in [0.2, 0.25) is 0 Å². The Morgan fingerprint density at radius 1 is 1.69 bits per heavy atom. The molecule has 2 N–H and O–H groups in total. The molecule has 1 atom stereocenters. The van der Waals surface area contributed by atoms with Gasteiger partial charge in [-0.2, -0.15) is 5.10 Å². The molecule has 0 amide bonds. The van der Waals surface area contributed by atoms with Gasteiger partial charge in [-0.15, -0.1) is 0 Å². The number of aliphatic hydroxyl groups is 1. The van der Waals surface area contributed by atoms with E-state index in [2.05, 4.69) is 15.4 Å². The number of rotatable bonds is 3. The molecule has 0 fully saturated rings. The molecule has 1 aromatic rings. The number of nitrogens with one attached hydrogen (secondary N) is 1. The average Bonchev–Trinajstić information content (AvgIpc) is 2.61. The summed E-state index contributed by atoms with van der Waals surface area (Å²) >= 11 is 0. The summed E-state index contributed by atoms with van der Waals surface area (Å²) < 4.78 is 1.93. The number of aryl methyl sites for hydroxylation is 1. The predicted octanol–water partition coefficient (Wildman–Crippen LogP) is -0.825. The maximum Gasteiger partial charge on any atom is 0.138 e. The standard InChI is InChI=1S/C8H14N4O/c13-4-3-9-7-1-2-8-10-6-11-12(8)5-7/h6-7,9,13H,1-5H2. The van der Waals surface area contributed by atoms with E-state index in [0.29, 0.717) is 12.6 Å². The van der Waals surface area contributed by atoms with Crippen LogP contribution >= 0.6 is 0 Å². The van der Waals surface area contributed by atoms with Gasteiger partial charge in [-0.1, -0.05) is 0 Å². The van der Waals surface area contributed by atoms with E-state index in [1.165, 1.54) is 0 Å². The largest absolute Gasteiger partial charge is 0.395 e. The Morgan fingerprint density at radius 2 is 2.62 bits per heavy atom. The van der Waals surface area contributed by atoms with Crippen molar-refractivity contribution in [1.29, 1.82) is 0 Å². The van der Waals surface area contributed by atoms with Crippen molar-refractivity contribution < 1.29 is 5.11 Å². The van der Waals surface area contributed by atoms with Crippen LogP contribution in [0.15, 0.2) is 6.33 Å². The van der Waals surface area contributed by atoms with Crippen LogP contribution in [0.25, 0.3) is 0 Å². The summed E-state index contributed by atoms with van der Waals surface area (Å²) in [6.07, 6.45) is 3.66. The van der Waals surface area contributed by atoms with Crippen molar-refractivity contribution in [2.75, 3.05) is 13.2 Å². The first-order valence-corrected chi connectivity index (χ1v) is 4.61. The maximum absolute atomic E-state index is 8.65. The first kappa shape index (κ1) is 8.65. The average molecular weight is 182 g/mol. The van der Waals surface area contributed by atoms with E-state index in [-0.39, 0.29) is 6.61 Å². The molecule has 0 bridgehead atoms. The molecule has 1 aromatic heterocycles. The zero-order valence-corrected chi connectivity index (χ0v) is 7.48. The number of hydrogen-bond acceptors (Lipinski definition) is 4. The van der Waals surface area contributed by atoms with Crippen LogP contribution in [0.2, 0.25) is 0 Å². The lowest BCUT2D eigenvalue weighted by atomic mass is 10.1. The Labute approximate surface area is 76.8 Å². The van der Waals surface area contributed by atoms with Crippen LogP contribution in [0.5, 0.6) is 0 Å². The Balaban J connectivity index is 1.93. The molecule has 2 rings (SSSR count). The quantitative estimate of drug-likeness (QED) is 0.641. The van der Waals surface area contributed by atoms with Crippen LogP contribution < -0.4 is 5.32 Å². The molecule has 1 aliphatic rings. The molecule has 0 radical (unpaired) electrons. The van der Waals surface area contributed by atoms with Crippen molar-refractivity contribution in [1.82, 2.24) is 20.1 Å². The Bertz CT molecular complexity index is 273. The lowest BCUT2D eigenvalue weighted by Crippen LogP contribution is -2.39. The molecule has 0 aromatic carbocycles. The van der Waals surface area contributed by atoms with Crippen molar-refractivity contribution in [3.63, 3.8) is 0 Å². The van der Waals surface area contributed by atoms with Crippen LogP contribution in [0.4, 0.5) is 0 Å². The number of nitrogens with zero attached hydrogens (tertiary/aromatic N) is 3. The lowest BCUT2D eigenvalue weighted by Gasteiger charge is -2.23. The molecule has 5 heteroatoms. The Morgan fingerprint density at radius 3 is 3.46 bits per heavy atom. The monoisotopic (exact) mass is 182 g/mol. The van der Waals surface area contributed by atoms with Gasteiger partial charge in [-0.25, -0.2) is 9.67 Å². The first-order chi connectivity index (χ1) is 6.40. The fourth-order valence-corrected chi connectivity index (χ4v) is 1.67. The highest BCUT2D eigenvalue weighted by atomic mass is 16.3. The van der Waals surface area contributed by atoms with E-state index in [1.54, 1.807) is 6.33 Å². The summed E-state index contributed by atoms with van der Waals surface area (Å²) in [5, 5.41) is 16.0. The third-order valence-corrected chi connectivity index (χ3v) is 2.35. The highest BCUT2D eigenvalue weighted by Gasteiger charge is 2.18. The minimum absolute atomic E-state index is 0.195. The van der Waals surface area contributed by atoms with Crippen molar-refractivity contribution in [3.05, 3.63) is 12.2 Å². The van der Waals surface area contributed by atoms with E-state index in [1.807, 2.05) is 4.68 Å². The minimum atomic E-state index is 0.195. The topological polar surface area (TPSA) is 63.0 Å². The first-order valence-electron chi connectivity index (χ1n) is 4.61. The zero-order valence-electron chi connectivity index (χ0n) is 7.48. The molecule has 1 aliphatic heterocycles. The van der Waals surface area contributed by atoms with Crippen LogP contribution in [0.1, 0.15) is 12.2 Å². The zero-order chi connectivity index (χ0) is 9.10. The van der Waals surface area contributed by atoms with E-state index in [9.17, 15) is 0 Å². The smallest absolute Gasteiger partial charge is 0.138 e. The SMILES string of the molecule is OCCNC1CCc2ncnn2C1. The molecule has 0 saturated carbocycles. The fraction of sp³-hybridized carbons (Fsp3) is 0.750. The van der Waals surface area contributed by atoms with Crippen molar-refractivity contribution in [2.45, 2.75) is 25.4 Å². The molecule has 72 valence electrons. The fourth-order valence-electron chi connectivity index (χ4n) is 1.67. The number of hydrogen-bond donors (Lipinski definition) is 2. The van der Waals surface area contributed by atoms with Crippen LogP contribution in [0, 0.1) is 0 Å². The highest BCUT2D eigenvalue weighted by molar-refractivity contribution is 4.91. The second-order valence-corrected chi connectivity index (χ2v) is 3.27. The summed E-state index contributed by atoms with van der Waals surface area (Å²) in [5.41, 5.74) is 0. The van der Waals surface area contributed by atoms with Crippen molar-refractivity contribution >= 4 is 0 Å². The molecule has 0 aliphatic carbocycles. The Kier molecular flexibility index (Phi) is 2.56. The van der Waals surface area contributed by atoms with Crippen molar-refractivity contribution in [2.24, 2.45) is 0 Å². The third kappa shape index (κ3) is 1.87. The molecule has 13 heavy (non-hydrogen) atoms. The van der Waals surface area contributed by atoms with Gasteiger partial charge >= 0.3 is 0 Å². The second-order valence-electron chi connectivity index (χ2n) is 3.27. The summed E-state index contributed by atoms with van der Waals surface area (Å²) in [5.74, 6) is 1.07. The van der Waals surface area contributed by atoms with Gasteiger partial charge in [0.05, 0.1) is 13.2 Å². The number of aliphatic hydroxyl groups excluding tert-OH is 1. The Hall–Kier alpha value is -0.940. The number of fused-ring (bicyclic) bond motifs is 1. The normalized spacial score (nSPS) is 21.5. The number of aromatic nitrogens is 3. The van der Waals surface area contributed by atoms with Gasteiger partial charge in [0.1, 0.15) is 12.2 Å². The van der Waals surface area contributed by atoms with Crippen LogP contribution in [0.3, 0.4) is 0 Å². The van der Waals surface area contributed by atoms with E-state index >= 15 is 0 Å². The molecular weight excluding hydrogens is 168 g/mol. The lowest BCUT2D eigenvalue weighted by molar-refractivity contribution is 0.269. The van der Waals surface area contributed by atoms with Gasteiger partial charge in [0.15, 0.2) is 0 Å².